The van der Waals surface area contributed by atoms with Crippen molar-refractivity contribution < 1.29 is 4.74 Å². The van der Waals surface area contributed by atoms with Gasteiger partial charge in [0.25, 0.3) is 0 Å². The largest absolute Gasteiger partial charge is 0.377 e. The van der Waals surface area contributed by atoms with Gasteiger partial charge in [0.2, 0.25) is 0 Å². The average Bonchev–Trinajstić information content (AvgIpc) is 2.80. The zero-order chi connectivity index (χ0) is 13.9. The summed E-state index contributed by atoms with van der Waals surface area (Å²) in [5.74, 6) is 0.911. The maximum absolute atomic E-state index is 6.26. The van der Waals surface area contributed by atoms with Gasteiger partial charge in [-0.05, 0) is 23.8 Å². The molecular weight excluding hydrogens is 272 g/mol. The molecule has 4 heteroatoms. The molecule has 0 aliphatic heterocycles. The Morgan fingerprint density at radius 2 is 1.85 bits per heavy atom. The molecule has 0 spiro atoms. The quantitative estimate of drug-likeness (QED) is 0.728. The molecule has 1 aromatic heterocycles. The molecule has 1 heterocycles. The third-order valence-corrected chi connectivity index (χ3v) is 3.66. The van der Waals surface area contributed by atoms with Crippen LogP contribution in [0.2, 0.25) is 5.02 Å². The molecule has 2 aromatic carbocycles. The van der Waals surface area contributed by atoms with Gasteiger partial charge in [-0.2, -0.15) is 0 Å². The fraction of sp³-hybridized carbons (Fsp3) is 0.188. The molecule has 0 aliphatic rings. The van der Waals surface area contributed by atoms with Crippen LogP contribution in [0.3, 0.4) is 0 Å². The molecule has 0 fully saturated rings. The molecule has 0 amide bonds. The van der Waals surface area contributed by atoms with Crippen LogP contribution in [0, 0.1) is 0 Å². The van der Waals surface area contributed by atoms with Crippen molar-refractivity contribution in [2.75, 3.05) is 7.11 Å². The summed E-state index contributed by atoms with van der Waals surface area (Å²) in [6, 6.07) is 16.0. The summed E-state index contributed by atoms with van der Waals surface area (Å²) in [5.41, 5.74) is 3.15. The van der Waals surface area contributed by atoms with E-state index in [9.17, 15) is 0 Å². The van der Waals surface area contributed by atoms with Crippen LogP contribution in [0.25, 0.3) is 11.0 Å². The highest BCUT2D eigenvalue weighted by atomic mass is 35.5. The fourth-order valence-corrected chi connectivity index (χ4v) is 2.53. The molecule has 0 saturated heterocycles. The number of aromatic nitrogens is 2. The summed E-state index contributed by atoms with van der Waals surface area (Å²) in [7, 11) is 1.68. The first-order chi connectivity index (χ1) is 9.79. The Hall–Kier alpha value is -1.84. The number of para-hydroxylation sites is 2. The van der Waals surface area contributed by atoms with Crippen LogP contribution in [-0.4, -0.2) is 16.7 Å². The summed E-state index contributed by atoms with van der Waals surface area (Å²) < 4.78 is 7.40. The molecule has 0 saturated carbocycles. The third kappa shape index (κ3) is 2.42. The van der Waals surface area contributed by atoms with Crippen molar-refractivity contribution in [3.63, 3.8) is 0 Å². The second-order valence-electron chi connectivity index (χ2n) is 4.63. The highest BCUT2D eigenvalue weighted by molar-refractivity contribution is 6.31. The summed E-state index contributed by atoms with van der Waals surface area (Å²) in [5, 5.41) is 0.772. The molecular formula is C16H15ClN2O. The molecule has 0 unspecified atom stereocenters. The maximum Gasteiger partial charge on any atom is 0.136 e. The van der Waals surface area contributed by atoms with Crippen molar-refractivity contribution in [1.82, 2.24) is 9.55 Å². The Morgan fingerprint density at radius 3 is 2.65 bits per heavy atom. The lowest BCUT2D eigenvalue weighted by Gasteiger charge is -2.10. The van der Waals surface area contributed by atoms with Crippen molar-refractivity contribution in [3.05, 3.63) is 64.9 Å². The number of methoxy groups -OCH3 is 1. The molecule has 102 valence electrons. The van der Waals surface area contributed by atoms with E-state index in [4.69, 9.17) is 16.3 Å². The van der Waals surface area contributed by atoms with Gasteiger partial charge < -0.3 is 9.30 Å². The highest BCUT2D eigenvalue weighted by Crippen LogP contribution is 2.22. The van der Waals surface area contributed by atoms with E-state index in [0.29, 0.717) is 13.2 Å². The predicted octanol–water partition coefficient (Wildman–Crippen LogP) is 3.88. The van der Waals surface area contributed by atoms with Gasteiger partial charge in [-0.25, -0.2) is 4.98 Å². The van der Waals surface area contributed by atoms with Gasteiger partial charge in [-0.3, -0.25) is 0 Å². The Labute approximate surface area is 122 Å². The van der Waals surface area contributed by atoms with Gasteiger partial charge in [-0.1, -0.05) is 41.9 Å². The molecule has 3 nitrogen and oxygen atoms in total. The lowest BCUT2D eigenvalue weighted by molar-refractivity contribution is 0.175. The maximum atomic E-state index is 6.26. The minimum atomic E-state index is 0.485. The van der Waals surface area contributed by atoms with Gasteiger partial charge in [0.05, 0.1) is 17.6 Å². The van der Waals surface area contributed by atoms with Gasteiger partial charge in [-0.15, -0.1) is 0 Å². The van der Waals surface area contributed by atoms with Crippen LogP contribution in [0.1, 0.15) is 11.4 Å². The zero-order valence-electron chi connectivity index (χ0n) is 11.2. The molecule has 0 atom stereocenters. The number of nitrogens with zero attached hydrogens (tertiary/aromatic N) is 2. The first-order valence-corrected chi connectivity index (χ1v) is 6.84. The lowest BCUT2D eigenvalue weighted by atomic mass is 10.2. The van der Waals surface area contributed by atoms with Crippen LogP contribution < -0.4 is 0 Å². The average molecular weight is 287 g/mol. The van der Waals surface area contributed by atoms with E-state index in [0.717, 1.165) is 27.4 Å². The van der Waals surface area contributed by atoms with Gasteiger partial charge in [0.15, 0.2) is 0 Å². The van der Waals surface area contributed by atoms with E-state index in [1.165, 1.54) is 0 Å². The van der Waals surface area contributed by atoms with E-state index < -0.39 is 0 Å². The van der Waals surface area contributed by atoms with E-state index >= 15 is 0 Å². The Bertz CT molecular complexity index is 736. The van der Waals surface area contributed by atoms with E-state index in [2.05, 4.69) is 15.6 Å². The predicted molar refractivity (Wildman–Crippen MR) is 81.0 cm³/mol. The van der Waals surface area contributed by atoms with Crippen molar-refractivity contribution in [3.8, 4) is 0 Å². The monoisotopic (exact) mass is 286 g/mol. The van der Waals surface area contributed by atoms with Gasteiger partial charge in [0, 0.05) is 12.1 Å². The van der Waals surface area contributed by atoms with Gasteiger partial charge in [0.1, 0.15) is 12.4 Å². The topological polar surface area (TPSA) is 27.1 Å². The fourth-order valence-electron chi connectivity index (χ4n) is 2.34. The lowest BCUT2D eigenvalue weighted by Crippen LogP contribution is -2.06. The molecule has 0 N–H and O–H groups in total. The smallest absolute Gasteiger partial charge is 0.136 e. The standard InChI is InChI=1S/C16H15ClN2O/c1-20-11-16-18-14-8-4-5-9-15(14)19(16)10-12-6-2-3-7-13(12)17/h2-9H,10-11H2,1H3. The number of benzene rings is 2. The third-order valence-electron chi connectivity index (χ3n) is 3.29. The number of fused-ring (bicyclic) bond motifs is 1. The molecule has 20 heavy (non-hydrogen) atoms. The Balaban J connectivity index is 2.09. The van der Waals surface area contributed by atoms with Crippen LogP contribution in [0.15, 0.2) is 48.5 Å². The van der Waals surface area contributed by atoms with Crippen LogP contribution in [-0.2, 0) is 17.9 Å². The summed E-state index contributed by atoms with van der Waals surface area (Å²) in [6.07, 6.45) is 0. The first-order valence-electron chi connectivity index (χ1n) is 6.46. The van der Waals surface area contributed by atoms with Crippen LogP contribution in [0.5, 0.6) is 0 Å². The molecule has 0 aliphatic carbocycles. The minimum absolute atomic E-state index is 0.485. The minimum Gasteiger partial charge on any atom is -0.377 e. The van der Waals surface area contributed by atoms with E-state index in [-0.39, 0.29) is 0 Å². The van der Waals surface area contributed by atoms with E-state index in [1.807, 2.05) is 42.5 Å². The second kappa shape index (κ2) is 5.65. The van der Waals surface area contributed by atoms with Crippen molar-refractivity contribution >= 4 is 22.6 Å². The van der Waals surface area contributed by atoms with Crippen molar-refractivity contribution in [1.29, 1.82) is 0 Å². The normalized spacial score (nSPS) is 11.1. The number of hydrogen-bond donors (Lipinski definition) is 0. The van der Waals surface area contributed by atoms with Crippen molar-refractivity contribution in [2.24, 2.45) is 0 Å². The number of halogens is 1. The van der Waals surface area contributed by atoms with E-state index in [1.54, 1.807) is 7.11 Å². The molecule has 3 rings (SSSR count). The summed E-state index contributed by atoms with van der Waals surface area (Å²) in [4.78, 5) is 4.62. The Kier molecular flexibility index (Phi) is 3.72. The molecule has 0 radical (unpaired) electrons. The SMILES string of the molecule is COCc1nc2ccccc2n1Cc1ccccc1Cl. The number of ether oxygens (including phenoxy) is 1. The number of imidazole rings is 1. The van der Waals surface area contributed by atoms with Crippen LogP contribution >= 0.6 is 11.6 Å². The summed E-state index contributed by atoms with van der Waals surface area (Å²) in [6.45, 7) is 1.18. The van der Waals surface area contributed by atoms with Gasteiger partial charge >= 0.3 is 0 Å². The summed E-state index contributed by atoms with van der Waals surface area (Å²) >= 11 is 6.26. The molecule has 3 aromatic rings. The molecule has 0 bridgehead atoms. The van der Waals surface area contributed by atoms with Crippen molar-refractivity contribution in [2.45, 2.75) is 13.2 Å². The highest BCUT2D eigenvalue weighted by Gasteiger charge is 2.11. The Morgan fingerprint density at radius 1 is 1.10 bits per heavy atom. The number of hydrogen-bond acceptors (Lipinski definition) is 2. The van der Waals surface area contributed by atoms with Crippen LogP contribution in [0.4, 0.5) is 0 Å². The number of rotatable bonds is 4. The zero-order valence-corrected chi connectivity index (χ0v) is 12.0. The first kappa shape index (κ1) is 13.2. The second-order valence-corrected chi connectivity index (χ2v) is 5.03.